The van der Waals surface area contributed by atoms with Crippen molar-refractivity contribution in [2.24, 2.45) is 0 Å². The number of Topliss-reactive ketones (excluding diaryl/α,β-unsaturated/α-hetero) is 1. The number of ether oxygens (including phenoxy) is 1. The molecule has 8 heteroatoms. The lowest BCUT2D eigenvalue weighted by Crippen LogP contribution is -2.19. The van der Waals surface area contributed by atoms with E-state index in [0.29, 0.717) is 22.2 Å². The van der Waals surface area contributed by atoms with E-state index in [2.05, 4.69) is 15.5 Å². The van der Waals surface area contributed by atoms with E-state index < -0.39 is 5.25 Å². The second-order valence-electron chi connectivity index (χ2n) is 7.19. The molecule has 33 heavy (non-hydrogen) atoms. The normalized spacial score (nSPS) is 11.6. The highest BCUT2D eigenvalue weighted by molar-refractivity contribution is 8.00. The van der Waals surface area contributed by atoms with Crippen molar-refractivity contribution in [1.82, 2.24) is 14.8 Å². The van der Waals surface area contributed by atoms with Gasteiger partial charge in [0.15, 0.2) is 10.9 Å². The largest absolute Gasteiger partial charge is 0.495 e. The summed E-state index contributed by atoms with van der Waals surface area (Å²) in [7, 11) is 1.60. The number of thioether (sulfide) groups is 1. The van der Waals surface area contributed by atoms with Crippen LogP contribution in [0, 0.1) is 0 Å². The summed E-state index contributed by atoms with van der Waals surface area (Å²) >= 11 is 1.28. The number of hydrogen-bond acceptors (Lipinski definition) is 6. The summed E-state index contributed by atoms with van der Waals surface area (Å²) in [5.41, 5.74) is 2.68. The lowest BCUT2D eigenvalue weighted by Gasteiger charge is -2.18. The Kier molecular flexibility index (Phi) is 6.85. The quantitative estimate of drug-likeness (QED) is 0.297. The fourth-order valence-corrected chi connectivity index (χ4v) is 4.35. The molecule has 0 aliphatic heterocycles. The molecule has 0 saturated heterocycles. The van der Waals surface area contributed by atoms with E-state index in [1.54, 1.807) is 42.3 Å². The van der Waals surface area contributed by atoms with Gasteiger partial charge in [0, 0.05) is 11.3 Å². The minimum Gasteiger partial charge on any atom is -0.495 e. The number of hydrogen-bond donors (Lipinski definition) is 1. The maximum absolute atomic E-state index is 13.4. The third-order valence-electron chi connectivity index (χ3n) is 4.96. The van der Waals surface area contributed by atoms with Crippen molar-refractivity contribution in [3.05, 3.63) is 96.3 Å². The van der Waals surface area contributed by atoms with Gasteiger partial charge in [-0.2, -0.15) is 0 Å². The summed E-state index contributed by atoms with van der Waals surface area (Å²) in [6.45, 7) is 1.49. The molecule has 3 aromatic carbocycles. The summed E-state index contributed by atoms with van der Waals surface area (Å²) < 4.78 is 7.27. The first-order valence-electron chi connectivity index (χ1n) is 10.2. The molecule has 0 fully saturated rings. The molecule has 0 aliphatic carbocycles. The van der Waals surface area contributed by atoms with Crippen LogP contribution in [0.3, 0.4) is 0 Å². The third-order valence-corrected chi connectivity index (χ3v) is 6.17. The molecule has 0 radical (unpaired) electrons. The van der Waals surface area contributed by atoms with Gasteiger partial charge in [0.2, 0.25) is 5.91 Å². The van der Waals surface area contributed by atoms with Gasteiger partial charge in [0.1, 0.15) is 17.3 Å². The van der Waals surface area contributed by atoms with Crippen LogP contribution in [0.5, 0.6) is 5.75 Å². The van der Waals surface area contributed by atoms with E-state index in [1.807, 2.05) is 54.6 Å². The van der Waals surface area contributed by atoms with E-state index in [0.717, 1.165) is 11.3 Å². The van der Waals surface area contributed by atoms with Crippen molar-refractivity contribution in [2.75, 3.05) is 12.4 Å². The topological polar surface area (TPSA) is 86.1 Å². The Morgan fingerprint density at radius 3 is 2.52 bits per heavy atom. The molecule has 1 atom stereocenters. The SMILES string of the molecule is COc1ccccc1-n1cnnc1S[C@@H](C(=O)Nc1cccc(C(C)=O)c1)c1ccccc1. The summed E-state index contributed by atoms with van der Waals surface area (Å²) in [6.07, 6.45) is 1.59. The Balaban J connectivity index is 1.66. The maximum atomic E-state index is 13.4. The lowest BCUT2D eigenvalue weighted by molar-refractivity contribution is -0.115. The van der Waals surface area contributed by atoms with Crippen LogP contribution in [-0.4, -0.2) is 33.6 Å². The predicted molar refractivity (Wildman–Crippen MR) is 128 cm³/mol. The monoisotopic (exact) mass is 458 g/mol. The van der Waals surface area contributed by atoms with Gasteiger partial charge >= 0.3 is 0 Å². The number of para-hydroxylation sites is 2. The molecule has 4 aromatic rings. The molecule has 0 spiro atoms. The Hall–Kier alpha value is -3.91. The number of ketones is 1. The highest BCUT2D eigenvalue weighted by atomic mass is 32.2. The smallest absolute Gasteiger partial charge is 0.242 e. The van der Waals surface area contributed by atoms with Crippen molar-refractivity contribution < 1.29 is 14.3 Å². The van der Waals surface area contributed by atoms with Crippen molar-refractivity contribution in [1.29, 1.82) is 0 Å². The Morgan fingerprint density at radius 1 is 1.00 bits per heavy atom. The fourth-order valence-electron chi connectivity index (χ4n) is 3.33. The van der Waals surface area contributed by atoms with Crippen LogP contribution in [0.15, 0.2) is 90.3 Å². The number of nitrogens with zero attached hydrogens (tertiary/aromatic N) is 3. The van der Waals surface area contributed by atoms with Gasteiger partial charge in [-0.3, -0.25) is 14.2 Å². The first-order valence-corrected chi connectivity index (χ1v) is 11.1. The molecule has 1 amide bonds. The summed E-state index contributed by atoms with van der Waals surface area (Å²) in [6, 6.07) is 23.9. The average Bonchev–Trinajstić information content (AvgIpc) is 3.31. The second kappa shape index (κ2) is 10.1. The molecule has 7 nitrogen and oxygen atoms in total. The number of amides is 1. The van der Waals surface area contributed by atoms with E-state index in [1.165, 1.54) is 18.7 Å². The molecule has 166 valence electrons. The zero-order chi connectivity index (χ0) is 23.2. The van der Waals surface area contributed by atoms with Crippen LogP contribution in [0.25, 0.3) is 5.69 Å². The fraction of sp³-hybridized carbons (Fsp3) is 0.120. The number of anilines is 1. The van der Waals surface area contributed by atoms with Gasteiger partial charge in [-0.1, -0.05) is 66.4 Å². The average molecular weight is 459 g/mol. The summed E-state index contributed by atoms with van der Waals surface area (Å²) in [5, 5.41) is 11.2. The molecule has 0 saturated carbocycles. The number of rotatable bonds is 8. The van der Waals surface area contributed by atoms with Crippen LogP contribution in [0.2, 0.25) is 0 Å². The van der Waals surface area contributed by atoms with Gasteiger partial charge in [-0.05, 0) is 36.8 Å². The lowest BCUT2D eigenvalue weighted by atomic mass is 10.1. The molecule has 1 heterocycles. The van der Waals surface area contributed by atoms with Gasteiger partial charge in [0.25, 0.3) is 0 Å². The van der Waals surface area contributed by atoms with E-state index in [9.17, 15) is 9.59 Å². The Labute approximate surface area is 195 Å². The molecule has 1 N–H and O–H groups in total. The highest BCUT2D eigenvalue weighted by Gasteiger charge is 2.25. The van der Waals surface area contributed by atoms with E-state index in [4.69, 9.17) is 4.74 Å². The summed E-state index contributed by atoms with van der Waals surface area (Å²) in [5.74, 6) is 0.368. The highest BCUT2D eigenvalue weighted by Crippen LogP contribution is 2.37. The number of carbonyl (C=O) groups excluding carboxylic acids is 2. The summed E-state index contributed by atoms with van der Waals surface area (Å²) in [4.78, 5) is 25.1. The minimum absolute atomic E-state index is 0.0648. The number of methoxy groups -OCH3 is 1. The number of aromatic nitrogens is 3. The number of carbonyl (C=O) groups is 2. The van der Waals surface area contributed by atoms with Crippen molar-refractivity contribution in [2.45, 2.75) is 17.3 Å². The molecule has 0 unspecified atom stereocenters. The van der Waals surface area contributed by atoms with Crippen LogP contribution in [0.4, 0.5) is 5.69 Å². The molecular formula is C25H22N4O3S. The maximum Gasteiger partial charge on any atom is 0.242 e. The van der Waals surface area contributed by atoms with Gasteiger partial charge in [-0.15, -0.1) is 10.2 Å². The first-order chi connectivity index (χ1) is 16.1. The standard InChI is InChI=1S/C25H22N4O3S/c1-17(30)19-11-8-12-20(15-19)27-24(31)23(18-9-4-3-5-10-18)33-25-28-26-16-29(25)21-13-6-7-14-22(21)32-2/h3-16,23H,1-2H3,(H,27,31)/t23-/m1/s1. The van der Waals surface area contributed by atoms with Crippen LogP contribution in [-0.2, 0) is 4.79 Å². The predicted octanol–water partition coefficient (Wildman–Crippen LogP) is 4.95. The number of benzene rings is 3. The second-order valence-corrected chi connectivity index (χ2v) is 8.26. The van der Waals surface area contributed by atoms with Crippen molar-refractivity contribution in [3.8, 4) is 11.4 Å². The van der Waals surface area contributed by atoms with Crippen molar-refractivity contribution in [3.63, 3.8) is 0 Å². The molecule has 0 aliphatic rings. The van der Waals surface area contributed by atoms with Gasteiger partial charge in [-0.25, -0.2) is 0 Å². The molecule has 0 bridgehead atoms. The van der Waals surface area contributed by atoms with Crippen LogP contribution < -0.4 is 10.1 Å². The van der Waals surface area contributed by atoms with Gasteiger partial charge < -0.3 is 10.1 Å². The Bertz CT molecular complexity index is 1270. The third kappa shape index (κ3) is 5.12. The number of nitrogens with one attached hydrogen (secondary N) is 1. The molecular weight excluding hydrogens is 436 g/mol. The van der Waals surface area contributed by atoms with Crippen LogP contribution >= 0.6 is 11.8 Å². The Morgan fingerprint density at radius 2 is 1.76 bits per heavy atom. The minimum atomic E-state index is -0.607. The molecule has 4 rings (SSSR count). The van der Waals surface area contributed by atoms with E-state index >= 15 is 0 Å². The van der Waals surface area contributed by atoms with Crippen LogP contribution in [0.1, 0.15) is 28.1 Å². The zero-order valence-corrected chi connectivity index (χ0v) is 19.0. The van der Waals surface area contributed by atoms with Gasteiger partial charge in [0.05, 0.1) is 12.8 Å². The van der Waals surface area contributed by atoms with E-state index in [-0.39, 0.29) is 11.7 Å². The molecule has 1 aromatic heterocycles. The zero-order valence-electron chi connectivity index (χ0n) is 18.1. The first kappa shape index (κ1) is 22.3. The van der Waals surface area contributed by atoms with Crippen molar-refractivity contribution >= 4 is 29.1 Å².